The summed E-state index contributed by atoms with van der Waals surface area (Å²) in [5, 5.41) is 15.2. The van der Waals surface area contributed by atoms with Gasteiger partial charge in [-0.15, -0.1) is 0 Å². The summed E-state index contributed by atoms with van der Waals surface area (Å²) >= 11 is 9.49. The zero-order chi connectivity index (χ0) is 15.6. The standard InChI is InChI=1S/C13H13BrClN3O3/c1-3-10-13(14)11(17(2)16-10)7-21-12-5-4-8(18(19)20)6-9(12)15/h4-6H,3,7H2,1-2H3. The molecule has 0 aliphatic rings. The molecule has 0 atom stereocenters. The first-order valence-electron chi connectivity index (χ1n) is 6.21. The molecule has 2 rings (SSSR count). The monoisotopic (exact) mass is 373 g/mol. The molecule has 0 spiro atoms. The van der Waals surface area contributed by atoms with Gasteiger partial charge in [0.2, 0.25) is 0 Å². The van der Waals surface area contributed by atoms with Crippen molar-refractivity contribution in [2.24, 2.45) is 7.05 Å². The van der Waals surface area contributed by atoms with E-state index < -0.39 is 4.92 Å². The lowest BCUT2D eigenvalue weighted by molar-refractivity contribution is -0.384. The van der Waals surface area contributed by atoms with Gasteiger partial charge >= 0.3 is 0 Å². The molecule has 8 heteroatoms. The second-order valence-corrected chi connectivity index (χ2v) is 5.55. The minimum absolute atomic E-state index is 0.0673. The summed E-state index contributed by atoms with van der Waals surface area (Å²) in [6.45, 7) is 2.28. The van der Waals surface area contributed by atoms with Gasteiger partial charge in [-0.3, -0.25) is 14.8 Å². The van der Waals surface area contributed by atoms with Crippen LogP contribution in [0.25, 0.3) is 0 Å². The molecular formula is C13H13BrClN3O3. The lowest BCUT2D eigenvalue weighted by atomic mass is 10.3. The van der Waals surface area contributed by atoms with Crippen molar-refractivity contribution in [1.82, 2.24) is 9.78 Å². The molecule has 21 heavy (non-hydrogen) atoms. The fraction of sp³-hybridized carbons (Fsp3) is 0.308. The van der Waals surface area contributed by atoms with Gasteiger partial charge in [0.15, 0.2) is 0 Å². The smallest absolute Gasteiger partial charge is 0.271 e. The van der Waals surface area contributed by atoms with Gasteiger partial charge in [-0.1, -0.05) is 18.5 Å². The van der Waals surface area contributed by atoms with Gasteiger partial charge in [0.05, 0.1) is 25.8 Å². The van der Waals surface area contributed by atoms with Gasteiger partial charge in [0.25, 0.3) is 5.69 Å². The summed E-state index contributed by atoms with van der Waals surface area (Å²) in [6, 6.07) is 4.12. The Morgan fingerprint density at radius 3 is 2.76 bits per heavy atom. The Bertz CT molecular complexity index is 688. The van der Waals surface area contributed by atoms with Crippen LogP contribution >= 0.6 is 27.5 Å². The van der Waals surface area contributed by atoms with Crippen LogP contribution in [0, 0.1) is 10.1 Å². The number of nitrogens with zero attached hydrogens (tertiary/aromatic N) is 3. The number of hydrogen-bond donors (Lipinski definition) is 0. The number of ether oxygens (including phenoxy) is 1. The van der Waals surface area contributed by atoms with Crippen molar-refractivity contribution in [3.8, 4) is 5.75 Å². The van der Waals surface area contributed by atoms with Gasteiger partial charge < -0.3 is 4.74 Å². The maximum absolute atomic E-state index is 10.7. The quantitative estimate of drug-likeness (QED) is 0.588. The SMILES string of the molecule is CCc1nn(C)c(COc2ccc([N+](=O)[O-])cc2Cl)c1Br. The highest BCUT2D eigenvalue weighted by Crippen LogP contribution is 2.30. The van der Waals surface area contributed by atoms with Crippen LogP contribution in [0.3, 0.4) is 0 Å². The summed E-state index contributed by atoms with van der Waals surface area (Å²) in [6.07, 6.45) is 0.812. The summed E-state index contributed by atoms with van der Waals surface area (Å²) in [4.78, 5) is 10.2. The Balaban J connectivity index is 2.17. The van der Waals surface area contributed by atoms with Crippen LogP contribution in [0.4, 0.5) is 5.69 Å². The van der Waals surface area contributed by atoms with E-state index in [0.717, 1.165) is 22.3 Å². The van der Waals surface area contributed by atoms with E-state index in [2.05, 4.69) is 21.0 Å². The molecule has 0 saturated heterocycles. The van der Waals surface area contributed by atoms with Crippen LogP contribution in [0.2, 0.25) is 5.02 Å². The molecule has 0 fully saturated rings. The Labute approximate surface area is 134 Å². The first-order valence-corrected chi connectivity index (χ1v) is 7.38. The highest BCUT2D eigenvalue weighted by Gasteiger charge is 2.15. The molecule has 0 radical (unpaired) electrons. The third-order valence-electron chi connectivity index (χ3n) is 2.99. The maximum atomic E-state index is 10.7. The summed E-state index contributed by atoms with van der Waals surface area (Å²) < 4.78 is 8.28. The molecule has 0 aliphatic heterocycles. The second kappa shape index (κ2) is 6.44. The summed E-state index contributed by atoms with van der Waals surface area (Å²) in [5.74, 6) is 0.397. The average molecular weight is 375 g/mol. The largest absolute Gasteiger partial charge is 0.486 e. The number of aryl methyl sites for hydroxylation is 2. The first-order chi connectivity index (χ1) is 9.93. The molecule has 1 heterocycles. The molecule has 0 N–H and O–H groups in total. The first kappa shape index (κ1) is 15.8. The predicted molar refractivity (Wildman–Crippen MR) is 82.7 cm³/mol. The molecule has 1 aromatic heterocycles. The zero-order valence-electron chi connectivity index (χ0n) is 11.5. The van der Waals surface area contributed by atoms with Crippen molar-refractivity contribution in [2.75, 3.05) is 0 Å². The molecular weight excluding hydrogens is 362 g/mol. The minimum atomic E-state index is -0.499. The van der Waals surface area contributed by atoms with E-state index in [9.17, 15) is 10.1 Å². The lowest BCUT2D eigenvalue weighted by Crippen LogP contribution is -2.04. The van der Waals surface area contributed by atoms with Crippen LogP contribution in [0.1, 0.15) is 18.3 Å². The Hall–Kier alpha value is -1.60. The van der Waals surface area contributed by atoms with E-state index in [0.29, 0.717) is 5.75 Å². The molecule has 0 unspecified atom stereocenters. The summed E-state index contributed by atoms with van der Waals surface area (Å²) in [7, 11) is 1.83. The fourth-order valence-corrected chi connectivity index (χ4v) is 2.80. The van der Waals surface area contributed by atoms with E-state index >= 15 is 0 Å². The second-order valence-electron chi connectivity index (χ2n) is 4.35. The normalized spacial score (nSPS) is 10.7. The molecule has 0 amide bonds. The number of halogens is 2. The zero-order valence-corrected chi connectivity index (χ0v) is 13.8. The minimum Gasteiger partial charge on any atom is -0.486 e. The van der Waals surface area contributed by atoms with Crippen LogP contribution < -0.4 is 4.74 Å². The van der Waals surface area contributed by atoms with Crippen LogP contribution in [-0.2, 0) is 20.1 Å². The Morgan fingerprint density at radius 1 is 1.52 bits per heavy atom. The molecule has 2 aromatic rings. The van der Waals surface area contributed by atoms with Crippen molar-refractivity contribution < 1.29 is 9.66 Å². The number of nitro benzene ring substituents is 1. The van der Waals surface area contributed by atoms with Crippen molar-refractivity contribution in [3.05, 3.63) is 49.2 Å². The highest BCUT2D eigenvalue weighted by atomic mass is 79.9. The fourth-order valence-electron chi connectivity index (χ4n) is 1.84. The van der Waals surface area contributed by atoms with E-state index in [1.807, 2.05) is 14.0 Å². The van der Waals surface area contributed by atoms with Gasteiger partial charge in [0.1, 0.15) is 12.4 Å². The topological polar surface area (TPSA) is 70.2 Å². The molecule has 0 bridgehead atoms. The van der Waals surface area contributed by atoms with Gasteiger partial charge in [-0.25, -0.2) is 0 Å². The molecule has 112 valence electrons. The van der Waals surface area contributed by atoms with Crippen molar-refractivity contribution >= 4 is 33.2 Å². The lowest BCUT2D eigenvalue weighted by Gasteiger charge is -2.08. The number of non-ortho nitro benzene ring substituents is 1. The van der Waals surface area contributed by atoms with E-state index in [1.54, 1.807) is 4.68 Å². The Kier molecular flexibility index (Phi) is 4.84. The third-order valence-corrected chi connectivity index (χ3v) is 4.20. The number of nitro groups is 1. The number of hydrogen-bond acceptors (Lipinski definition) is 4. The molecule has 6 nitrogen and oxygen atoms in total. The highest BCUT2D eigenvalue weighted by molar-refractivity contribution is 9.10. The maximum Gasteiger partial charge on any atom is 0.271 e. The molecule has 0 saturated carbocycles. The van der Waals surface area contributed by atoms with Gasteiger partial charge in [-0.05, 0) is 28.4 Å². The van der Waals surface area contributed by atoms with E-state index in [-0.39, 0.29) is 17.3 Å². The predicted octanol–water partition coefficient (Wildman–Crippen LogP) is 3.89. The van der Waals surface area contributed by atoms with Gasteiger partial charge in [-0.2, -0.15) is 5.10 Å². The Morgan fingerprint density at radius 2 is 2.24 bits per heavy atom. The van der Waals surface area contributed by atoms with Gasteiger partial charge in [0, 0.05) is 19.2 Å². The van der Waals surface area contributed by atoms with Crippen molar-refractivity contribution in [3.63, 3.8) is 0 Å². The summed E-state index contributed by atoms with van der Waals surface area (Å²) in [5.41, 5.74) is 1.76. The van der Waals surface area contributed by atoms with Crippen LogP contribution in [0.15, 0.2) is 22.7 Å². The molecule has 1 aromatic carbocycles. The molecule has 0 aliphatic carbocycles. The van der Waals surface area contributed by atoms with Crippen molar-refractivity contribution in [2.45, 2.75) is 20.0 Å². The van der Waals surface area contributed by atoms with Crippen LogP contribution in [-0.4, -0.2) is 14.7 Å². The van der Waals surface area contributed by atoms with Crippen molar-refractivity contribution in [1.29, 1.82) is 0 Å². The average Bonchev–Trinajstić information content (AvgIpc) is 2.72. The number of rotatable bonds is 5. The third kappa shape index (κ3) is 3.36. The van der Waals surface area contributed by atoms with E-state index in [4.69, 9.17) is 16.3 Å². The number of aromatic nitrogens is 2. The van der Waals surface area contributed by atoms with Crippen LogP contribution in [0.5, 0.6) is 5.75 Å². The number of benzene rings is 1. The van der Waals surface area contributed by atoms with E-state index in [1.165, 1.54) is 18.2 Å².